The number of halogens is 2. The number of rotatable bonds is 6. The zero-order valence-electron chi connectivity index (χ0n) is 18.9. The number of benzene rings is 2. The maximum Gasteiger partial charge on any atom is 0.425 e. The molecule has 184 valence electrons. The van der Waals surface area contributed by atoms with E-state index in [4.69, 9.17) is 40.6 Å². The molecule has 4 rings (SSSR count). The maximum absolute atomic E-state index is 8.44. The summed E-state index contributed by atoms with van der Waals surface area (Å²) in [5.41, 5.74) is 2.85. The molecule has 0 radical (unpaired) electrons. The first kappa shape index (κ1) is 27.8. The Labute approximate surface area is 214 Å². The lowest BCUT2D eigenvalue weighted by Gasteiger charge is -2.08. The van der Waals surface area contributed by atoms with Gasteiger partial charge in [0.2, 0.25) is 5.88 Å². The van der Waals surface area contributed by atoms with Crippen molar-refractivity contribution in [2.24, 2.45) is 0 Å². The maximum atomic E-state index is 8.44. The third-order valence-corrected chi connectivity index (χ3v) is 4.98. The predicted molar refractivity (Wildman–Crippen MR) is 135 cm³/mol. The van der Waals surface area contributed by atoms with Crippen molar-refractivity contribution in [3.8, 4) is 11.6 Å². The minimum absolute atomic E-state index is 0.416. The second-order valence-corrected chi connectivity index (χ2v) is 8.00. The van der Waals surface area contributed by atoms with Crippen molar-refractivity contribution in [2.75, 3.05) is 18.5 Å². The molecule has 0 aliphatic heterocycles. The van der Waals surface area contributed by atoms with Crippen molar-refractivity contribution in [2.45, 2.75) is 13.8 Å². The van der Waals surface area contributed by atoms with Gasteiger partial charge in [-0.3, -0.25) is 0 Å². The first-order valence-electron chi connectivity index (χ1n) is 10.2. The quantitative estimate of drug-likeness (QED) is 0.351. The van der Waals surface area contributed by atoms with Gasteiger partial charge >= 0.3 is 10.6 Å². The third kappa shape index (κ3) is 10.1. The number of anilines is 1. The van der Waals surface area contributed by atoms with Gasteiger partial charge in [0.25, 0.3) is 0 Å². The van der Waals surface area contributed by atoms with Crippen LogP contribution in [0.4, 0.5) is 5.82 Å². The molecule has 0 amide bonds. The number of hydrogen-bond acceptors (Lipinski definition) is 8. The van der Waals surface area contributed by atoms with E-state index >= 15 is 0 Å². The van der Waals surface area contributed by atoms with Crippen molar-refractivity contribution in [3.63, 3.8) is 0 Å². The topological polar surface area (TPSA) is 116 Å². The summed E-state index contributed by atoms with van der Waals surface area (Å²) < 4.78 is 32.6. The molecule has 9 nitrogen and oxygen atoms in total. The molecule has 0 bridgehead atoms. The Morgan fingerprint density at radius 1 is 0.943 bits per heavy atom. The van der Waals surface area contributed by atoms with E-state index < -0.39 is 10.6 Å². The number of aromatic nitrogens is 4. The predicted octanol–water partition coefficient (Wildman–Crippen LogP) is 4.76. The van der Waals surface area contributed by atoms with E-state index in [0.29, 0.717) is 34.9 Å². The first-order chi connectivity index (χ1) is 16.8. The lowest BCUT2D eigenvalue weighted by Crippen LogP contribution is -2.13. The summed E-state index contributed by atoms with van der Waals surface area (Å²) in [5, 5.41) is 8.60. The van der Waals surface area contributed by atoms with Crippen LogP contribution in [0.15, 0.2) is 73.2 Å². The Hall–Kier alpha value is -3.47. The molecule has 0 atom stereocenters. The van der Waals surface area contributed by atoms with Crippen molar-refractivity contribution in [3.05, 3.63) is 94.5 Å². The molecule has 0 aliphatic rings. The largest absolute Gasteiger partial charge is 0.475 e. The number of nitrogens with one attached hydrogen (secondary N) is 1. The second-order valence-electron chi connectivity index (χ2n) is 6.81. The van der Waals surface area contributed by atoms with E-state index in [0.717, 1.165) is 11.4 Å². The highest BCUT2D eigenvalue weighted by molar-refractivity contribution is 7.59. The number of para-hydroxylation sites is 1. The zero-order chi connectivity index (χ0) is 25.6. The van der Waals surface area contributed by atoms with Gasteiger partial charge in [0, 0.05) is 12.3 Å². The van der Waals surface area contributed by atoms with Crippen LogP contribution in [0.3, 0.4) is 0 Å². The molecule has 4 aromatic rings. The fourth-order valence-electron chi connectivity index (χ4n) is 2.60. The molecule has 0 aliphatic carbocycles. The number of nitrogens with zero attached hydrogens (tertiary/aromatic N) is 4. The lowest BCUT2D eigenvalue weighted by atomic mass is 10.2. The van der Waals surface area contributed by atoms with Gasteiger partial charge in [-0.1, -0.05) is 71.2 Å². The summed E-state index contributed by atoms with van der Waals surface area (Å²) in [6.45, 7) is 4.86. The fourth-order valence-corrected chi connectivity index (χ4v) is 2.98. The Morgan fingerprint density at radius 2 is 1.60 bits per heavy atom. The van der Waals surface area contributed by atoms with E-state index in [2.05, 4.69) is 39.4 Å². The van der Waals surface area contributed by atoms with E-state index in [1.54, 1.807) is 16.9 Å². The van der Waals surface area contributed by atoms with Crippen LogP contribution in [0.25, 0.3) is 5.69 Å². The standard InChI is InChI=1S/C16H15Cl2N5O.C7H8.O3S/c1-11-15(18)16(21-10-20-11)19-7-9-24-14-6-8-23(22-14)13-5-3-2-4-12(13)17;1-7-5-3-2-4-6-7;1-4(2)3/h2-6,8,10H,7,9H2,1H3,(H,19,20,21);2-6H,1H3;. The Morgan fingerprint density at radius 3 is 2.23 bits per heavy atom. The molecule has 2 heterocycles. The first-order valence-corrected chi connectivity index (χ1v) is 12.0. The average molecular weight is 536 g/mol. The minimum Gasteiger partial charge on any atom is -0.475 e. The summed E-state index contributed by atoms with van der Waals surface area (Å²) >= 11 is 12.3. The van der Waals surface area contributed by atoms with Gasteiger partial charge in [-0.15, -0.1) is 17.7 Å². The highest BCUT2D eigenvalue weighted by atomic mass is 35.5. The van der Waals surface area contributed by atoms with Crippen molar-refractivity contribution in [1.29, 1.82) is 0 Å². The molecular weight excluding hydrogens is 513 g/mol. The van der Waals surface area contributed by atoms with Crippen LogP contribution in [0.1, 0.15) is 11.3 Å². The minimum atomic E-state index is -3.11. The molecule has 12 heteroatoms. The molecule has 2 aromatic heterocycles. The summed E-state index contributed by atoms with van der Waals surface area (Å²) in [7, 11) is -3.11. The molecule has 0 fully saturated rings. The average Bonchev–Trinajstić information content (AvgIpc) is 3.29. The van der Waals surface area contributed by atoms with Crippen molar-refractivity contribution in [1.82, 2.24) is 19.7 Å². The number of aryl methyl sites for hydroxylation is 2. The third-order valence-electron chi connectivity index (χ3n) is 4.21. The van der Waals surface area contributed by atoms with Crippen LogP contribution in [0, 0.1) is 13.8 Å². The van der Waals surface area contributed by atoms with Gasteiger partial charge in [-0.25, -0.2) is 14.6 Å². The fraction of sp³-hybridized carbons (Fsp3) is 0.174. The van der Waals surface area contributed by atoms with E-state index in [9.17, 15) is 0 Å². The van der Waals surface area contributed by atoms with Crippen molar-refractivity contribution < 1.29 is 17.4 Å². The van der Waals surface area contributed by atoms with Crippen LogP contribution < -0.4 is 10.1 Å². The molecule has 0 spiro atoms. The molecule has 0 unspecified atom stereocenters. The normalized spacial score (nSPS) is 9.71. The molecule has 0 saturated carbocycles. The van der Waals surface area contributed by atoms with Crippen LogP contribution in [0.2, 0.25) is 10.0 Å². The molecule has 1 N–H and O–H groups in total. The second kappa shape index (κ2) is 14.7. The summed E-state index contributed by atoms with van der Waals surface area (Å²) in [6.07, 6.45) is 3.27. The molecule has 2 aromatic carbocycles. The molecular formula is C23H23Cl2N5O4S. The summed E-state index contributed by atoms with van der Waals surface area (Å²) in [4.78, 5) is 8.11. The van der Waals surface area contributed by atoms with Crippen LogP contribution in [0.5, 0.6) is 5.88 Å². The van der Waals surface area contributed by atoms with Gasteiger partial charge in [-0.05, 0) is 26.0 Å². The number of ether oxygens (including phenoxy) is 1. The van der Waals surface area contributed by atoms with E-state index in [1.165, 1.54) is 11.9 Å². The number of hydrogen-bond donors (Lipinski definition) is 1. The Balaban J connectivity index is 0.000000325. The van der Waals surface area contributed by atoms with Gasteiger partial charge in [-0.2, -0.15) is 0 Å². The molecule has 0 saturated heterocycles. The zero-order valence-corrected chi connectivity index (χ0v) is 21.3. The van der Waals surface area contributed by atoms with Gasteiger partial charge in [0.15, 0.2) is 0 Å². The highest BCUT2D eigenvalue weighted by Gasteiger charge is 2.07. The monoisotopic (exact) mass is 535 g/mol. The highest BCUT2D eigenvalue weighted by Crippen LogP contribution is 2.21. The van der Waals surface area contributed by atoms with Crippen LogP contribution in [-0.2, 0) is 10.6 Å². The van der Waals surface area contributed by atoms with Gasteiger partial charge in [0.1, 0.15) is 23.8 Å². The van der Waals surface area contributed by atoms with Gasteiger partial charge < -0.3 is 10.1 Å². The summed E-state index contributed by atoms with van der Waals surface area (Å²) in [6, 6.07) is 19.5. The smallest absolute Gasteiger partial charge is 0.425 e. The Bertz CT molecular complexity index is 1310. The SMILES string of the molecule is Cc1ccccc1.Cc1ncnc(NCCOc2ccn(-c3ccccc3Cl)n2)c1Cl.O=S(=O)=O. The molecule has 35 heavy (non-hydrogen) atoms. The van der Waals surface area contributed by atoms with Gasteiger partial charge in [0.05, 0.1) is 22.9 Å². The lowest BCUT2D eigenvalue weighted by molar-refractivity contribution is 0.317. The van der Waals surface area contributed by atoms with Crippen LogP contribution in [-0.4, -0.2) is 45.5 Å². The van der Waals surface area contributed by atoms with Crippen LogP contribution >= 0.6 is 23.2 Å². The van der Waals surface area contributed by atoms with Crippen molar-refractivity contribution >= 4 is 39.6 Å². The Kier molecular flexibility index (Phi) is 11.7. The van der Waals surface area contributed by atoms with E-state index in [-0.39, 0.29) is 0 Å². The summed E-state index contributed by atoms with van der Waals surface area (Å²) in [5.74, 6) is 1.11. The van der Waals surface area contributed by atoms with E-state index in [1.807, 2.05) is 49.4 Å².